The summed E-state index contributed by atoms with van der Waals surface area (Å²) in [6.45, 7) is 4.50. The van der Waals surface area contributed by atoms with Crippen molar-refractivity contribution < 1.29 is 4.79 Å². The molecule has 1 heterocycles. The maximum Gasteiger partial charge on any atom is 0.168 e. The number of ketones is 1. The Morgan fingerprint density at radius 2 is 2.00 bits per heavy atom. The van der Waals surface area contributed by atoms with Crippen LogP contribution < -0.4 is 0 Å². The van der Waals surface area contributed by atoms with Gasteiger partial charge in [0.15, 0.2) is 5.78 Å². The van der Waals surface area contributed by atoms with Crippen LogP contribution in [0.4, 0.5) is 0 Å². The lowest BCUT2D eigenvalue weighted by Crippen LogP contribution is -2.06. The lowest BCUT2D eigenvalue weighted by atomic mass is 10.0. The summed E-state index contributed by atoms with van der Waals surface area (Å²) in [5.41, 5.74) is 1.87. The summed E-state index contributed by atoms with van der Waals surface area (Å²) in [6.07, 6.45) is 3.46. The zero-order valence-corrected chi connectivity index (χ0v) is 10.1. The molecule has 0 amide bonds. The Labute approximate surface area is 101 Å². The minimum Gasteiger partial charge on any atom is -0.294 e. The molecule has 0 saturated heterocycles. The molecular weight excluding hydrogens is 212 g/mol. The summed E-state index contributed by atoms with van der Waals surface area (Å²) >= 11 is 0. The predicted octanol–water partition coefficient (Wildman–Crippen LogP) is 2.77. The Kier molecular flexibility index (Phi) is 3.38. The van der Waals surface area contributed by atoms with E-state index < -0.39 is 0 Å². The molecule has 88 valence electrons. The van der Waals surface area contributed by atoms with Gasteiger partial charge in [-0.05, 0) is 5.56 Å². The molecular formula is C14H16N2O. The molecule has 0 saturated carbocycles. The number of Topliss-reactive ketones (excluding diaryl/α,β-unsaturated/α-hetero) is 1. The third-order valence-electron chi connectivity index (χ3n) is 2.63. The Morgan fingerprint density at radius 1 is 1.29 bits per heavy atom. The van der Waals surface area contributed by atoms with Crippen molar-refractivity contribution in [2.45, 2.75) is 20.4 Å². The van der Waals surface area contributed by atoms with Gasteiger partial charge in [0.25, 0.3) is 0 Å². The molecule has 2 rings (SSSR count). The predicted molar refractivity (Wildman–Crippen MR) is 66.9 cm³/mol. The highest BCUT2D eigenvalue weighted by Gasteiger charge is 2.12. The Balaban J connectivity index is 2.12. The third kappa shape index (κ3) is 2.81. The summed E-state index contributed by atoms with van der Waals surface area (Å²) in [7, 11) is 0. The first kappa shape index (κ1) is 11.6. The minimum absolute atomic E-state index is 0.0179. The Hall–Kier alpha value is -1.90. The molecule has 0 aliphatic carbocycles. The zero-order valence-electron chi connectivity index (χ0n) is 10.1. The lowest BCUT2D eigenvalue weighted by Gasteiger charge is -2.01. The number of aromatic nitrogens is 2. The van der Waals surface area contributed by atoms with Crippen LogP contribution in [0.5, 0.6) is 0 Å². The summed E-state index contributed by atoms with van der Waals surface area (Å²) in [5, 5.41) is 4.21. The Bertz CT molecular complexity index is 500. The van der Waals surface area contributed by atoms with Gasteiger partial charge < -0.3 is 0 Å². The smallest absolute Gasteiger partial charge is 0.168 e. The van der Waals surface area contributed by atoms with Gasteiger partial charge in [0.2, 0.25) is 0 Å². The van der Waals surface area contributed by atoms with Gasteiger partial charge in [-0.3, -0.25) is 9.48 Å². The van der Waals surface area contributed by atoms with Crippen LogP contribution in [0.15, 0.2) is 42.7 Å². The topological polar surface area (TPSA) is 34.9 Å². The second-order valence-electron chi connectivity index (χ2n) is 4.43. The fourth-order valence-electron chi connectivity index (χ4n) is 1.68. The molecule has 0 radical (unpaired) electrons. The van der Waals surface area contributed by atoms with E-state index in [0.29, 0.717) is 12.1 Å². The number of carbonyl (C=O) groups excluding carboxylic acids is 1. The molecule has 3 nitrogen and oxygen atoms in total. The molecule has 0 unspecified atom stereocenters. The molecule has 0 bridgehead atoms. The normalized spacial score (nSPS) is 10.8. The van der Waals surface area contributed by atoms with Crippen molar-refractivity contribution in [3.05, 3.63) is 53.9 Å². The van der Waals surface area contributed by atoms with E-state index in [9.17, 15) is 4.79 Å². The molecule has 0 fully saturated rings. The van der Waals surface area contributed by atoms with Crippen LogP contribution >= 0.6 is 0 Å². The number of rotatable bonds is 4. The van der Waals surface area contributed by atoms with Gasteiger partial charge in [-0.2, -0.15) is 5.10 Å². The van der Waals surface area contributed by atoms with Gasteiger partial charge in [0, 0.05) is 12.1 Å². The lowest BCUT2D eigenvalue weighted by molar-refractivity contribution is 0.0939. The first-order chi connectivity index (χ1) is 8.16. The summed E-state index contributed by atoms with van der Waals surface area (Å²) < 4.78 is 1.80. The van der Waals surface area contributed by atoms with E-state index in [0.717, 1.165) is 0 Å². The molecule has 3 heteroatoms. The SMILES string of the molecule is CC(C)C(=O)c1cnn(Cc2ccccc2)c1. The average molecular weight is 228 g/mol. The molecule has 0 N–H and O–H groups in total. The van der Waals surface area contributed by atoms with E-state index in [-0.39, 0.29) is 11.7 Å². The number of nitrogens with zero attached hydrogens (tertiary/aromatic N) is 2. The standard InChI is InChI=1S/C14H16N2O/c1-11(2)14(17)13-8-15-16(10-13)9-12-6-4-3-5-7-12/h3-8,10-11H,9H2,1-2H3. The van der Waals surface area contributed by atoms with Gasteiger partial charge in [-0.25, -0.2) is 0 Å². The van der Waals surface area contributed by atoms with Crippen LogP contribution in [0, 0.1) is 5.92 Å². The monoisotopic (exact) mass is 228 g/mol. The molecule has 17 heavy (non-hydrogen) atoms. The maximum atomic E-state index is 11.8. The van der Waals surface area contributed by atoms with Gasteiger partial charge in [-0.15, -0.1) is 0 Å². The summed E-state index contributed by atoms with van der Waals surface area (Å²) in [5.74, 6) is 0.161. The highest BCUT2D eigenvalue weighted by atomic mass is 16.1. The van der Waals surface area contributed by atoms with Crippen molar-refractivity contribution in [2.24, 2.45) is 5.92 Å². The maximum absolute atomic E-state index is 11.8. The van der Waals surface area contributed by atoms with Gasteiger partial charge >= 0.3 is 0 Å². The van der Waals surface area contributed by atoms with Crippen LogP contribution in [0.25, 0.3) is 0 Å². The number of benzene rings is 1. The van der Waals surface area contributed by atoms with Crippen molar-refractivity contribution in [3.63, 3.8) is 0 Å². The van der Waals surface area contributed by atoms with E-state index >= 15 is 0 Å². The number of hydrogen-bond donors (Lipinski definition) is 0. The highest BCUT2D eigenvalue weighted by Crippen LogP contribution is 2.08. The van der Waals surface area contributed by atoms with Crippen LogP contribution in [0.2, 0.25) is 0 Å². The number of carbonyl (C=O) groups is 1. The highest BCUT2D eigenvalue weighted by molar-refractivity contribution is 5.96. The van der Waals surface area contributed by atoms with E-state index in [1.165, 1.54) is 5.56 Å². The second-order valence-corrected chi connectivity index (χ2v) is 4.43. The molecule has 1 aromatic carbocycles. The number of hydrogen-bond acceptors (Lipinski definition) is 2. The minimum atomic E-state index is 0.0179. The van der Waals surface area contributed by atoms with E-state index in [1.807, 2.05) is 50.4 Å². The van der Waals surface area contributed by atoms with Crippen molar-refractivity contribution >= 4 is 5.78 Å². The molecule has 0 atom stereocenters. The fourth-order valence-corrected chi connectivity index (χ4v) is 1.68. The molecule has 0 spiro atoms. The van der Waals surface area contributed by atoms with Gasteiger partial charge in [0.1, 0.15) is 0 Å². The first-order valence-electron chi connectivity index (χ1n) is 5.77. The van der Waals surface area contributed by atoms with Crippen LogP contribution in [-0.4, -0.2) is 15.6 Å². The summed E-state index contributed by atoms with van der Waals surface area (Å²) in [6, 6.07) is 10.1. The van der Waals surface area contributed by atoms with Crippen LogP contribution in [-0.2, 0) is 6.54 Å². The Morgan fingerprint density at radius 3 is 2.65 bits per heavy atom. The van der Waals surface area contributed by atoms with E-state index in [4.69, 9.17) is 0 Å². The van der Waals surface area contributed by atoms with Gasteiger partial charge in [-0.1, -0.05) is 44.2 Å². The zero-order chi connectivity index (χ0) is 12.3. The van der Waals surface area contributed by atoms with Crippen LogP contribution in [0.3, 0.4) is 0 Å². The van der Waals surface area contributed by atoms with Crippen molar-refractivity contribution in [1.29, 1.82) is 0 Å². The third-order valence-corrected chi connectivity index (χ3v) is 2.63. The molecule has 0 aliphatic rings. The van der Waals surface area contributed by atoms with E-state index in [2.05, 4.69) is 5.10 Å². The largest absolute Gasteiger partial charge is 0.294 e. The van der Waals surface area contributed by atoms with Crippen LogP contribution in [0.1, 0.15) is 29.8 Å². The first-order valence-corrected chi connectivity index (χ1v) is 5.77. The van der Waals surface area contributed by atoms with Crippen molar-refractivity contribution in [1.82, 2.24) is 9.78 Å². The van der Waals surface area contributed by atoms with Crippen molar-refractivity contribution in [2.75, 3.05) is 0 Å². The molecule has 2 aromatic rings. The second kappa shape index (κ2) is 4.95. The molecule has 0 aliphatic heterocycles. The summed E-state index contributed by atoms with van der Waals surface area (Å²) in [4.78, 5) is 11.8. The van der Waals surface area contributed by atoms with E-state index in [1.54, 1.807) is 10.9 Å². The molecule has 1 aromatic heterocycles. The van der Waals surface area contributed by atoms with Gasteiger partial charge in [0.05, 0.1) is 18.3 Å². The van der Waals surface area contributed by atoms with Crippen molar-refractivity contribution in [3.8, 4) is 0 Å². The quantitative estimate of drug-likeness (QED) is 0.754. The fraction of sp³-hybridized carbons (Fsp3) is 0.286. The average Bonchev–Trinajstić information content (AvgIpc) is 2.77.